The van der Waals surface area contributed by atoms with Gasteiger partial charge in [-0.15, -0.1) is 0 Å². The summed E-state index contributed by atoms with van der Waals surface area (Å²) < 4.78 is 8.40. The fraction of sp³-hybridized carbons (Fsp3) is 0.294. The van der Waals surface area contributed by atoms with Crippen molar-refractivity contribution in [3.63, 3.8) is 0 Å². The second-order valence-corrected chi connectivity index (χ2v) is 6.49. The van der Waals surface area contributed by atoms with Crippen molar-refractivity contribution >= 4 is 32.8 Å². The molecular formula is C17H18BrN3O2. The van der Waals surface area contributed by atoms with Gasteiger partial charge in [-0.25, -0.2) is 0 Å². The molecule has 3 aromatic rings. The number of aryl methyl sites for hydroxylation is 2. The van der Waals surface area contributed by atoms with Crippen LogP contribution < -0.4 is 5.32 Å². The number of rotatable bonds is 4. The molecule has 0 saturated carbocycles. The Kier molecular flexibility index (Phi) is 4.26. The lowest BCUT2D eigenvalue weighted by atomic mass is 10.1. The Morgan fingerprint density at radius 2 is 2.13 bits per heavy atom. The Morgan fingerprint density at radius 3 is 2.83 bits per heavy atom. The number of halogens is 1. The highest BCUT2D eigenvalue weighted by Crippen LogP contribution is 2.23. The summed E-state index contributed by atoms with van der Waals surface area (Å²) in [6.07, 6.45) is 0.753. The minimum atomic E-state index is -0.198. The topological polar surface area (TPSA) is 60.1 Å². The summed E-state index contributed by atoms with van der Waals surface area (Å²) >= 11 is 3.39. The second-order valence-electron chi connectivity index (χ2n) is 5.57. The number of carbonyl (C=O) groups excluding carboxylic acids is 1. The van der Waals surface area contributed by atoms with Crippen LogP contribution in [0, 0.1) is 13.8 Å². The summed E-state index contributed by atoms with van der Waals surface area (Å²) in [6, 6.07) is 7.46. The molecule has 2 aromatic heterocycles. The molecule has 0 saturated heterocycles. The van der Waals surface area contributed by atoms with E-state index in [1.54, 1.807) is 6.07 Å². The zero-order valence-electron chi connectivity index (χ0n) is 13.3. The number of fused-ring (bicyclic) bond motifs is 1. The molecule has 0 unspecified atom stereocenters. The molecule has 0 radical (unpaired) electrons. The fourth-order valence-electron chi connectivity index (χ4n) is 2.68. The van der Waals surface area contributed by atoms with Crippen LogP contribution in [0.1, 0.15) is 27.5 Å². The average Bonchev–Trinajstić information content (AvgIpc) is 3.02. The summed E-state index contributed by atoms with van der Waals surface area (Å²) in [5.74, 6) is 0.134. The number of hydrogen-bond donors (Lipinski definition) is 1. The van der Waals surface area contributed by atoms with Gasteiger partial charge in [-0.1, -0.05) is 15.9 Å². The van der Waals surface area contributed by atoms with E-state index in [2.05, 4.69) is 26.3 Å². The van der Waals surface area contributed by atoms with Crippen LogP contribution in [0.3, 0.4) is 0 Å². The lowest BCUT2D eigenvalue weighted by Crippen LogP contribution is -2.25. The molecule has 0 fully saturated rings. The van der Waals surface area contributed by atoms with E-state index in [1.165, 1.54) is 5.56 Å². The average molecular weight is 376 g/mol. The summed E-state index contributed by atoms with van der Waals surface area (Å²) in [5.41, 5.74) is 4.02. The van der Waals surface area contributed by atoms with E-state index >= 15 is 0 Å². The molecule has 0 bridgehead atoms. The lowest BCUT2D eigenvalue weighted by Gasteiger charge is -2.04. The first-order chi connectivity index (χ1) is 11.0. The van der Waals surface area contributed by atoms with E-state index in [9.17, 15) is 4.79 Å². The molecule has 2 heterocycles. The molecule has 3 rings (SSSR count). The predicted octanol–water partition coefficient (Wildman–Crippen LogP) is 3.52. The molecule has 0 aliphatic carbocycles. The van der Waals surface area contributed by atoms with Crippen molar-refractivity contribution in [1.29, 1.82) is 0 Å². The van der Waals surface area contributed by atoms with Crippen LogP contribution in [-0.4, -0.2) is 22.2 Å². The summed E-state index contributed by atoms with van der Waals surface area (Å²) in [7, 11) is 1.93. The Balaban J connectivity index is 1.66. The second kappa shape index (κ2) is 6.20. The molecule has 1 amide bonds. The molecule has 6 heteroatoms. The van der Waals surface area contributed by atoms with Crippen molar-refractivity contribution in [1.82, 2.24) is 15.1 Å². The van der Waals surface area contributed by atoms with Gasteiger partial charge >= 0.3 is 0 Å². The number of benzene rings is 1. The summed E-state index contributed by atoms with van der Waals surface area (Å²) in [5, 5.41) is 8.20. The van der Waals surface area contributed by atoms with Crippen LogP contribution in [-0.2, 0) is 13.5 Å². The number of nitrogens with zero attached hydrogens (tertiary/aromatic N) is 2. The molecule has 0 spiro atoms. The van der Waals surface area contributed by atoms with Crippen molar-refractivity contribution in [3.8, 4) is 0 Å². The number of hydrogen-bond acceptors (Lipinski definition) is 3. The van der Waals surface area contributed by atoms with Gasteiger partial charge in [-0.2, -0.15) is 5.10 Å². The van der Waals surface area contributed by atoms with Crippen LogP contribution in [0.2, 0.25) is 0 Å². The lowest BCUT2D eigenvalue weighted by molar-refractivity contribution is 0.0928. The molecular weight excluding hydrogens is 358 g/mol. The third-order valence-electron chi connectivity index (χ3n) is 4.03. The van der Waals surface area contributed by atoms with Crippen LogP contribution in [0.25, 0.3) is 11.0 Å². The molecule has 0 aliphatic heterocycles. The van der Waals surface area contributed by atoms with E-state index in [4.69, 9.17) is 4.42 Å². The Labute approximate surface area is 142 Å². The maximum absolute atomic E-state index is 12.2. The van der Waals surface area contributed by atoms with E-state index in [1.807, 2.05) is 43.8 Å². The number of furan rings is 1. The van der Waals surface area contributed by atoms with Crippen molar-refractivity contribution in [2.24, 2.45) is 7.05 Å². The van der Waals surface area contributed by atoms with Gasteiger partial charge in [0, 0.05) is 29.1 Å². The van der Waals surface area contributed by atoms with Crippen LogP contribution in [0.4, 0.5) is 0 Å². The monoisotopic (exact) mass is 375 g/mol. The molecule has 1 aromatic carbocycles. The number of carbonyl (C=O) groups is 1. The highest BCUT2D eigenvalue weighted by molar-refractivity contribution is 9.10. The largest absolute Gasteiger partial charge is 0.451 e. The van der Waals surface area contributed by atoms with E-state index in [-0.39, 0.29) is 5.91 Å². The first kappa shape index (κ1) is 15.8. The summed E-state index contributed by atoms with van der Waals surface area (Å²) in [6.45, 7) is 4.57. The third-order valence-corrected chi connectivity index (χ3v) is 4.52. The molecule has 120 valence electrons. The van der Waals surface area contributed by atoms with Crippen LogP contribution in [0.5, 0.6) is 0 Å². The highest BCUT2D eigenvalue weighted by Gasteiger charge is 2.13. The van der Waals surface area contributed by atoms with Gasteiger partial charge < -0.3 is 9.73 Å². The van der Waals surface area contributed by atoms with Crippen molar-refractivity contribution in [2.45, 2.75) is 20.3 Å². The van der Waals surface area contributed by atoms with Gasteiger partial charge in [0.15, 0.2) is 5.76 Å². The molecule has 1 N–H and O–H groups in total. The number of aromatic nitrogens is 2. The minimum Gasteiger partial charge on any atom is -0.451 e. The van der Waals surface area contributed by atoms with Crippen LogP contribution >= 0.6 is 15.9 Å². The minimum absolute atomic E-state index is 0.198. The van der Waals surface area contributed by atoms with Gasteiger partial charge in [0.1, 0.15) is 5.58 Å². The highest BCUT2D eigenvalue weighted by atomic mass is 79.9. The van der Waals surface area contributed by atoms with Crippen LogP contribution in [0.15, 0.2) is 33.2 Å². The number of nitrogens with one attached hydrogen (secondary N) is 1. The fourth-order valence-corrected chi connectivity index (χ4v) is 3.02. The third kappa shape index (κ3) is 3.17. The zero-order chi connectivity index (χ0) is 16.6. The molecule has 0 aliphatic rings. The van der Waals surface area contributed by atoms with Gasteiger partial charge in [0.05, 0.1) is 5.69 Å². The quantitative estimate of drug-likeness (QED) is 0.758. The van der Waals surface area contributed by atoms with E-state index in [0.717, 1.165) is 27.7 Å². The first-order valence-electron chi connectivity index (χ1n) is 7.42. The standard InChI is InChI=1S/C17H18BrN3O2/c1-10-14(11(2)21(3)20-10)6-7-19-17(22)16-8-12-4-5-13(18)9-15(12)23-16/h4-5,8-9H,6-7H2,1-3H3,(H,19,22). The maximum atomic E-state index is 12.2. The normalized spacial score (nSPS) is 11.1. The van der Waals surface area contributed by atoms with E-state index < -0.39 is 0 Å². The first-order valence-corrected chi connectivity index (χ1v) is 8.21. The molecule has 0 atom stereocenters. The molecule has 23 heavy (non-hydrogen) atoms. The predicted molar refractivity (Wildman–Crippen MR) is 92.6 cm³/mol. The Morgan fingerprint density at radius 1 is 1.35 bits per heavy atom. The van der Waals surface area contributed by atoms with Gasteiger partial charge in [0.2, 0.25) is 0 Å². The maximum Gasteiger partial charge on any atom is 0.287 e. The van der Waals surface area contributed by atoms with Gasteiger partial charge in [0.25, 0.3) is 5.91 Å². The van der Waals surface area contributed by atoms with Crippen molar-refractivity contribution < 1.29 is 9.21 Å². The Hall–Kier alpha value is -2.08. The smallest absolute Gasteiger partial charge is 0.287 e. The SMILES string of the molecule is Cc1nn(C)c(C)c1CCNC(=O)c1cc2ccc(Br)cc2o1. The molecule has 5 nitrogen and oxygen atoms in total. The van der Waals surface area contributed by atoms with Crippen molar-refractivity contribution in [2.75, 3.05) is 6.54 Å². The summed E-state index contributed by atoms with van der Waals surface area (Å²) in [4.78, 5) is 12.2. The Bertz CT molecular complexity index is 879. The van der Waals surface area contributed by atoms with Crippen molar-refractivity contribution in [3.05, 3.63) is 51.4 Å². The van der Waals surface area contributed by atoms with E-state index in [0.29, 0.717) is 17.9 Å². The van der Waals surface area contributed by atoms with Gasteiger partial charge in [-0.05, 0) is 50.1 Å². The van der Waals surface area contributed by atoms with Gasteiger partial charge in [-0.3, -0.25) is 9.48 Å². The number of amides is 1. The zero-order valence-corrected chi connectivity index (χ0v) is 14.9.